The molecule has 0 radical (unpaired) electrons. The second-order valence-corrected chi connectivity index (χ2v) is 6.17. The molecule has 0 saturated carbocycles. The Morgan fingerprint density at radius 2 is 1.95 bits per heavy atom. The Morgan fingerprint density at radius 1 is 1.29 bits per heavy atom. The van der Waals surface area contributed by atoms with Gasteiger partial charge in [0, 0.05) is 6.07 Å². The summed E-state index contributed by atoms with van der Waals surface area (Å²) in [5.41, 5.74) is 2.35. The van der Waals surface area contributed by atoms with Crippen molar-refractivity contribution in [1.29, 1.82) is 0 Å². The number of aryl methyl sites for hydroxylation is 2. The highest BCUT2D eigenvalue weighted by molar-refractivity contribution is 5.77. The molecule has 0 amide bonds. The first-order chi connectivity index (χ1) is 9.82. The van der Waals surface area contributed by atoms with E-state index in [0.717, 1.165) is 23.4 Å². The molecule has 1 aromatic carbocycles. The maximum Gasteiger partial charge on any atom is 0.317 e. The van der Waals surface area contributed by atoms with E-state index in [1.807, 2.05) is 65.0 Å². The van der Waals surface area contributed by atoms with Crippen LogP contribution < -0.4 is 4.74 Å². The maximum atomic E-state index is 12.1. The summed E-state index contributed by atoms with van der Waals surface area (Å²) in [4.78, 5) is 12.1. The van der Waals surface area contributed by atoms with Gasteiger partial charge in [-0.1, -0.05) is 25.1 Å². The van der Waals surface area contributed by atoms with E-state index < -0.39 is 5.41 Å². The summed E-state index contributed by atoms with van der Waals surface area (Å²) in [6.07, 6.45) is 0.791. The number of nitrogens with zero attached hydrogens (tertiary/aromatic N) is 2. The Morgan fingerprint density at radius 3 is 2.52 bits per heavy atom. The number of hydrogen-bond acceptors (Lipinski definition) is 3. The number of esters is 1. The van der Waals surface area contributed by atoms with Crippen LogP contribution in [0.25, 0.3) is 5.69 Å². The van der Waals surface area contributed by atoms with Gasteiger partial charge < -0.3 is 4.74 Å². The minimum absolute atomic E-state index is 0.264. The zero-order valence-corrected chi connectivity index (χ0v) is 13.3. The van der Waals surface area contributed by atoms with Crippen LogP contribution in [0, 0.1) is 12.3 Å². The summed E-state index contributed by atoms with van der Waals surface area (Å²) in [5.74, 6) is 0.209. The summed E-state index contributed by atoms with van der Waals surface area (Å²) in [6, 6.07) is 9.74. The van der Waals surface area contributed by atoms with Gasteiger partial charge in [0.25, 0.3) is 0 Å². The number of benzene rings is 1. The topological polar surface area (TPSA) is 44.1 Å². The maximum absolute atomic E-state index is 12.1. The molecule has 2 rings (SSSR count). The third kappa shape index (κ3) is 3.32. The fourth-order valence-electron chi connectivity index (χ4n) is 1.88. The summed E-state index contributed by atoms with van der Waals surface area (Å²) < 4.78 is 7.27. The lowest BCUT2D eigenvalue weighted by Gasteiger charge is -2.17. The number of carbonyl (C=O) groups is 1. The van der Waals surface area contributed by atoms with Crippen molar-refractivity contribution < 1.29 is 9.53 Å². The van der Waals surface area contributed by atoms with E-state index >= 15 is 0 Å². The van der Waals surface area contributed by atoms with Crippen LogP contribution in [0.4, 0.5) is 0 Å². The van der Waals surface area contributed by atoms with Crippen molar-refractivity contribution in [2.24, 2.45) is 5.41 Å². The number of hydrogen-bond donors (Lipinski definition) is 0. The smallest absolute Gasteiger partial charge is 0.317 e. The zero-order chi connectivity index (χ0) is 15.6. The molecule has 0 spiro atoms. The van der Waals surface area contributed by atoms with Gasteiger partial charge in [0.1, 0.15) is 0 Å². The highest BCUT2D eigenvalue weighted by Crippen LogP contribution is 2.25. The Balaban J connectivity index is 2.45. The van der Waals surface area contributed by atoms with Crippen LogP contribution in [-0.4, -0.2) is 15.7 Å². The Bertz CT molecular complexity index is 651. The van der Waals surface area contributed by atoms with E-state index in [-0.39, 0.29) is 5.97 Å². The number of carbonyl (C=O) groups excluding carboxylic acids is 1. The Labute approximate surface area is 125 Å². The van der Waals surface area contributed by atoms with Crippen LogP contribution in [0.3, 0.4) is 0 Å². The largest absolute Gasteiger partial charge is 0.407 e. The van der Waals surface area contributed by atoms with Crippen molar-refractivity contribution in [2.75, 3.05) is 0 Å². The molecule has 0 aliphatic carbocycles. The predicted molar refractivity (Wildman–Crippen MR) is 82.8 cm³/mol. The first kappa shape index (κ1) is 15.3. The van der Waals surface area contributed by atoms with E-state index in [1.54, 1.807) is 4.68 Å². The molecule has 21 heavy (non-hydrogen) atoms. The summed E-state index contributed by atoms with van der Waals surface area (Å²) in [5, 5.41) is 4.53. The molecule has 112 valence electrons. The van der Waals surface area contributed by atoms with Crippen molar-refractivity contribution in [3.05, 3.63) is 41.6 Å². The SMILES string of the molecule is CCc1cc(OC(=O)C(C)(C)C)n(-c2ccccc2C)n1. The van der Waals surface area contributed by atoms with Crippen LogP contribution >= 0.6 is 0 Å². The molecule has 1 heterocycles. The predicted octanol–water partition coefficient (Wildman–Crippen LogP) is 3.69. The van der Waals surface area contributed by atoms with Gasteiger partial charge in [-0.25, -0.2) is 4.68 Å². The third-order valence-corrected chi connectivity index (χ3v) is 3.24. The van der Waals surface area contributed by atoms with Crippen molar-refractivity contribution in [1.82, 2.24) is 9.78 Å². The van der Waals surface area contributed by atoms with Crippen molar-refractivity contribution in [3.8, 4) is 11.6 Å². The lowest BCUT2D eigenvalue weighted by molar-refractivity contribution is -0.143. The zero-order valence-electron chi connectivity index (χ0n) is 13.3. The monoisotopic (exact) mass is 286 g/mol. The first-order valence-electron chi connectivity index (χ1n) is 7.20. The van der Waals surface area contributed by atoms with E-state index in [0.29, 0.717) is 5.88 Å². The van der Waals surface area contributed by atoms with Crippen molar-refractivity contribution >= 4 is 5.97 Å². The molecular weight excluding hydrogens is 264 g/mol. The summed E-state index contributed by atoms with van der Waals surface area (Å²) >= 11 is 0. The van der Waals surface area contributed by atoms with Crippen molar-refractivity contribution in [2.45, 2.75) is 41.0 Å². The third-order valence-electron chi connectivity index (χ3n) is 3.24. The lowest BCUT2D eigenvalue weighted by atomic mass is 9.97. The molecule has 4 heteroatoms. The van der Waals surface area contributed by atoms with Crippen LogP contribution in [0.5, 0.6) is 5.88 Å². The molecule has 1 aromatic heterocycles. The van der Waals surface area contributed by atoms with Gasteiger partial charge >= 0.3 is 5.97 Å². The standard InChI is InChI=1S/C17H22N2O2/c1-6-13-11-15(21-16(20)17(3,4)5)19(18-13)14-10-8-7-9-12(14)2/h7-11H,6H2,1-5H3. The van der Waals surface area contributed by atoms with E-state index in [1.165, 1.54) is 0 Å². The van der Waals surface area contributed by atoms with Crippen LogP contribution in [0.1, 0.15) is 39.0 Å². The Kier molecular flexibility index (Phi) is 4.16. The highest BCUT2D eigenvalue weighted by atomic mass is 16.5. The summed E-state index contributed by atoms with van der Waals surface area (Å²) in [6.45, 7) is 9.55. The quantitative estimate of drug-likeness (QED) is 0.808. The number of para-hydroxylation sites is 1. The van der Waals surface area contributed by atoms with Gasteiger partial charge in [0.05, 0.1) is 16.8 Å². The van der Waals surface area contributed by atoms with Gasteiger partial charge in [-0.3, -0.25) is 4.79 Å². The average Bonchev–Trinajstić information content (AvgIpc) is 2.81. The molecule has 2 aromatic rings. The second kappa shape index (κ2) is 5.72. The Hall–Kier alpha value is -2.10. The highest BCUT2D eigenvalue weighted by Gasteiger charge is 2.25. The normalized spacial score (nSPS) is 11.5. The fraction of sp³-hybridized carbons (Fsp3) is 0.412. The number of ether oxygens (including phenoxy) is 1. The molecule has 0 bridgehead atoms. The number of rotatable bonds is 3. The molecule has 0 aliphatic heterocycles. The summed E-state index contributed by atoms with van der Waals surface area (Å²) in [7, 11) is 0. The second-order valence-electron chi connectivity index (χ2n) is 6.17. The molecule has 0 atom stereocenters. The van der Waals surface area contributed by atoms with Crippen LogP contribution in [0.15, 0.2) is 30.3 Å². The fourth-order valence-corrected chi connectivity index (χ4v) is 1.88. The van der Waals surface area contributed by atoms with E-state index in [4.69, 9.17) is 4.74 Å². The van der Waals surface area contributed by atoms with Crippen molar-refractivity contribution in [3.63, 3.8) is 0 Å². The van der Waals surface area contributed by atoms with Crippen LogP contribution in [-0.2, 0) is 11.2 Å². The minimum Gasteiger partial charge on any atom is -0.407 e. The minimum atomic E-state index is -0.548. The molecular formula is C17H22N2O2. The van der Waals surface area contributed by atoms with E-state index in [2.05, 4.69) is 5.10 Å². The number of aromatic nitrogens is 2. The molecule has 0 saturated heterocycles. The molecule has 0 fully saturated rings. The molecule has 0 aliphatic rings. The van der Waals surface area contributed by atoms with Crippen LogP contribution in [0.2, 0.25) is 0 Å². The lowest BCUT2D eigenvalue weighted by Crippen LogP contribution is -2.26. The van der Waals surface area contributed by atoms with Gasteiger partial charge in [-0.05, 0) is 45.7 Å². The van der Waals surface area contributed by atoms with E-state index in [9.17, 15) is 4.79 Å². The average molecular weight is 286 g/mol. The van der Waals surface area contributed by atoms with Gasteiger partial charge in [-0.2, -0.15) is 5.10 Å². The van der Waals surface area contributed by atoms with Gasteiger partial charge in [-0.15, -0.1) is 0 Å². The first-order valence-corrected chi connectivity index (χ1v) is 7.20. The molecule has 4 nitrogen and oxygen atoms in total. The molecule has 0 N–H and O–H groups in total. The molecule has 0 unspecified atom stereocenters. The van der Waals surface area contributed by atoms with Gasteiger partial charge in [0.15, 0.2) is 0 Å². The van der Waals surface area contributed by atoms with Gasteiger partial charge in [0.2, 0.25) is 5.88 Å².